The van der Waals surface area contributed by atoms with E-state index in [1.54, 1.807) is 6.20 Å². The van der Waals surface area contributed by atoms with Gasteiger partial charge in [0.05, 0.1) is 16.9 Å². The lowest BCUT2D eigenvalue weighted by Crippen LogP contribution is -2.26. The van der Waals surface area contributed by atoms with Crippen LogP contribution in [0.25, 0.3) is 33.1 Å². The second-order valence-electron chi connectivity index (χ2n) is 10.5. The van der Waals surface area contributed by atoms with E-state index in [2.05, 4.69) is 42.7 Å². The third-order valence-electron chi connectivity index (χ3n) is 7.66. The average Bonchev–Trinajstić information content (AvgIpc) is 3.81. The van der Waals surface area contributed by atoms with Crippen molar-refractivity contribution in [1.82, 2.24) is 24.8 Å². The summed E-state index contributed by atoms with van der Waals surface area (Å²) in [6, 6.07) is 22.1. The number of rotatable bonds is 7. The molecule has 0 radical (unpaired) electrons. The lowest BCUT2D eigenvalue weighted by atomic mass is 9.92. The van der Waals surface area contributed by atoms with Gasteiger partial charge in [-0.2, -0.15) is 0 Å². The molecule has 2 N–H and O–H groups in total. The van der Waals surface area contributed by atoms with Gasteiger partial charge >= 0.3 is 0 Å². The Morgan fingerprint density at radius 3 is 2.77 bits per heavy atom. The predicted octanol–water partition coefficient (Wildman–Crippen LogP) is 4.95. The lowest BCUT2D eigenvalue weighted by molar-refractivity contribution is 0.595. The molecule has 0 amide bonds. The summed E-state index contributed by atoms with van der Waals surface area (Å²) in [6.45, 7) is 3.91. The highest BCUT2D eigenvalue weighted by molar-refractivity contribution is 6.15. The van der Waals surface area contributed by atoms with Gasteiger partial charge in [0, 0.05) is 42.9 Å². The molecular weight excluding hydrogens is 498 g/mol. The minimum Gasteiger partial charge on any atom is -0.360 e. The molecule has 1 saturated heterocycles. The van der Waals surface area contributed by atoms with Gasteiger partial charge in [0.2, 0.25) is 0 Å². The third-order valence-corrected chi connectivity index (χ3v) is 7.66. The monoisotopic (exact) mass is 527 g/mol. The Morgan fingerprint density at radius 2 is 1.93 bits per heavy atom. The summed E-state index contributed by atoms with van der Waals surface area (Å²) >= 11 is 0. The average molecular weight is 528 g/mol. The summed E-state index contributed by atoms with van der Waals surface area (Å²) in [5, 5.41) is 8.48. The maximum atomic E-state index is 14.5. The van der Waals surface area contributed by atoms with Crippen molar-refractivity contribution in [3.05, 3.63) is 107 Å². The van der Waals surface area contributed by atoms with Crippen LogP contribution in [-0.4, -0.2) is 44.9 Å². The molecule has 3 atom stereocenters. The SMILES string of the molecule is CC(Nc1ncnc2cccnc12)c1cc2cccc(C3=CC(CC4CN4)CN=C3)c2c(=O)n1-c1ccccc1. The van der Waals surface area contributed by atoms with Gasteiger partial charge in [-0.25, -0.2) is 9.97 Å². The Labute approximate surface area is 231 Å². The number of pyridine rings is 2. The number of hydrogen-bond acceptors (Lipinski definition) is 7. The van der Waals surface area contributed by atoms with E-state index in [0.717, 1.165) is 52.9 Å². The van der Waals surface area contributed by atoms with Crippen molar-refractivity contribution < 1.29 is 0 Å². The number of fused-ring (bicyclic) bond motifs is 2. The highest BCUT2D eigenvalue weighted by Gasteiger charge is 2.26. The van der Waals surface area contributed by atoms with Gasteiger partial charge in [-0.15, -0.1) is 0 Å². The highest BCUT2D eigenvalue weighted by Crippen LogP contribution is 2.30. The molecule has 40 heavy (non-hydrogen) atoms. The van der Waals surface area contributed by atoms with Gasteiger partial charge in [-0.1, -0.05) is 42.5 Å². The Bertz CT molecular complexity index is 1830. The van der Waals surface area contributed by atoms with Crippen molar-refractivity contribution in [2.75, 3.05) is 18.4 Å². The van der Waals surface area contributed by atoms with Crippen LogP contribution in [0.5, 0.6) is 0 Å². The number of para-hydroxylation sites is 1. The van der Waals surface area contributed by atoms with E-state index in [-0.39, 0.29) is 11.6 Å². The topological polar surface area (TPSA) is 107 Å². The van der Waals surface area contributed by atoms with E-state index in [4.69, 9.17) is 0 Å². The summed E-state index contributed by atoms with van der Waals surface area (Å²) < 4.78 is 1.81. The highest BCUT2D eigenvalue weighted by atomic mass is 16.1. The molecule has 1 fully saturated rings. The number of allylic oxidation sites excluding steroid dienone is 1. The molecule has 7 rings (SSSR count). The minimum absolute atomic E-state index is 0.0612. The number of nitrogens with one attached hydrogen (secondary N) is 2. The first-order valence-corrected chi connectivity index (χ1v) is 13.7. The van der Waals surface area contributed by atoms with Crippen molar-refractivity contribution >= 4 is 39.4 Å². The third kappa shape index (κ3) is 4.56. The Kier molecular flexibility index (Phi) is 6.17. The van der Waals surface area contributed by atoms with Crippen molar-refractivity contribution in [3.63, 3.8) is 0 Å². The maximum Gasteiger partial charge on any atom is 0.263 e. The number of anilines is 1. The Hall–Kier alpha value is -4.69. The summed E-state index contributed by atoms with van der Waals surface area (Å²) in [4.78, 5) is 32.4. The normalized spacial score (nSPS) is 19.0. The summed E-state index contributed by atoms with van der Waals surface area (Å²) in [5.74, 6) is 0.991. The zero-order chi connectivity index (χ0) is 27.1. The predicted molar refractivity (Wildman–Crippen MR) is 160 cm³/mol. The molecule has 3 unspecified atom stereocenters. The maximum absolute atomic E-state index is 14.5. The molecule has 0 aliphatic carbocycles. The molecule has 2 aliphatic rings. The van der Waals surface area contributed by atoms with E-state index in [0.29, 0.717) is 28.7 Å². The van der Waals surface area contributed by atoms with Crippen LogP contribution >= 0.6 is 0 Å². The molecule has 198 valence electrons. The smallest absolute Gasteiger partial charge is 0.263 e. The molecular formula is C32H29N7O. The zero-order valence-electron chi connectivity index (χ0n) is 22.2. The van der Waals surface area contributed by atoms with E-state index >= 15 is 0 Å². The molecule has 0 bridgehead atoms. The fourth-order valence-electron chi connectivity index (χ4n) is 5.62. The van der Waals surface area contributed by atoms with Crippen LogP contribution in [0.4, 0.5) is 5.82 Å². The number of benzene rings is 2. The van der Waals surface area contributed by atoms with Crippen LogP contribution in [-0.2, 0) is 0 Å². The molecule has 2 aromatic carbocycles. The van der Waals surface area contributed by atoms with Crippen molar-refractivity contribution in [2.24, 2.45) is 10.9 Å². The summed E-state index contributed by atoms with van der Waals surface area (Å²) in [7, 11) is 0. The standard InChI is InChI=1S/C32H29N7O/c1-20(38-31-30-27(36-19-37-31)11-6-12-34-30)28-15-22-7-5-10-26(23-13-21(16-33-17-23)14-24-18-35-24)29(22)32(40)39(28)25-8-3-2-4-9-25/h2-13,15,17,19-21,24,35H,14,16,18H2,1H3,(H,36,37,38). The summed E-state index contributed by atoms with van der Waals surface area (Å²) in [6.07, 6.45) is 8.54. The summed E-state index contributed by atoms with van der Waals surface area (Å²) in [5.41, 5.74) is 4.95. The first-order chi connectivity index (χ1) is 19.7. The lowest BCUT2D eigenvalue weighted by Gasteiger charge is -2.23. The molecule has 3 aromatic heterocycles. The first kappa shape index (κ1) is 24.4. The van der Waals surface area contributed by atoms with Crippen molar-refractivity contribution in [1.29, 1.82) is 0 Å². The van der Waals surface area contributed by atoms with Gasteiger partial charge < -0.3 is 10.6 Å². The van der Waals surface area contributed by atoms with E-state index in [1.165, 1.54) is 6.33 Å². The van der Waals surface area contributed by atoms with E-state index in [1.807, 2.05) is 78.4 Å². The van der Waals surface area contributed by atoms with Crippen molar-refractivity contribution in [3.8, 4) is 5.69 Å². The number of nitrogens with zero attached hydrogens (tertiary/aromatic N) is 5. The number of aromatic nitrogens is 4. The molecule has 5 aromatic rings. The second-order valence-corrected chi connectivity index (χ2v) is 10.5. The molecule has 8 nitrogen and oxygen atoms in total. The van der Waals surface area contributed by atoms with Gasteiger partial charge in [0.15, 0.2) is 5.82 Å². The Balaban J connectivity index is 1.37. The van der Waals surface area contributed by atoms with Gasteiger partial charge in [-0.3, -0.25) is 19.3 Å². The zero-order valence-corrected chi connectivity index (χ0v) is 22.2. The molecule has 8 heteroatoms. The van der Waals surface area contributed by atoms with Crippen LogP contribution in [0.15, 0.2) is 95.1 Å². The molecule has 0 spiro atoms. The molecule has 0 saturated carbocycles. The number of dihydropyridines is 1. The molecule has 5 heterocycles. The van der Waals surface area contributed by atoms with Gasteiger partial charge in [0.25, 0.3) is 5.56 Å². The molecule has 2 aliphatic heterocycles. The van der Waals surface area contributed by atoms with Gasteiger partial charge in [0.1, 0.15) is 11.8 Å². The van der Waals surface area contributed by atoms with Crippen LogP contribution in [0.1, 0.15) is 30.6 Å². The fraction of sp³-hybridized carbons (Fsp3) is 0.219. The second kappa shape index (κ2) is 10.1. The van der Waals surface area contributed by atoms with Crippen molar-refractivity contribution in [2.45, 2.75) is 25.4 Å². The van der Waals surface area contributed by atoms with Crippen LogP contribution < -0.4 is 16.2 Å². The van der Waals surface area contributed by atoms with Crippen LogP contribution in [0.2, 0.25) is 0 Å². The van der Waals surface area contributed by atoms with Crippen LogP contribution in [0, 0.1) is 5.92 Å². The quantitative estimate of drug-likeness (QED) is 0.290. The van der Waals surface area contributed by atoms with Gasteiger partial charge in [-0.05, 0) is 66.1 Å². The van der Waals surface area contributed by atoms with E-state index < -0.39 is 0 Å². The largest absolute Gasteiger partial charge is 0.360 e. The number of aliphatic imine (C=N–C) groups is 1. The fourth-order valence-corrected chi connectivity index (χ4v) is 5.62. The van der Waals surface area contributed by atoms with E-state index in [9.17, 15) is 4.79 Å². The minimum atomic E-state index is -0.257. The number of hydrogen-bond donors (Lipinski definition) is 2. The van der Waals surface area contributed by atoms with Crippen LogP contribution in [0.3, 0.4) is 0 Å². The Morgan fingerprint density at radius 1 is 1.05 bits per heavy atom. The first-order valence-electron chi connectivity index (χ1n) is 13.7.